The van der Waals surface area contributed by atoms with Gasteiger partial charge in [0.15, 0.2) is 17.3 Å². The first-order valence-corrected chi connectivity index (χ1v) is 9.60. The van der Waals surface area contributed by atoms with E-state index in [-0.39, 0.29) is 5.78 Å². The van der Waals surface area contributed by atoms with Gasteiger partial charge in [-0.2, -0.15) is 0 Å². The summed E-state index contributed by atoms with van der Waals surface area (Å²) in [5.74, 6) is 2.19. The molecule has 0 atom stereocenters. The van der Waals surface area contributed by atoms with Gasteiger partial charge in [-0.1, -0.05) is 24.3 Å². The van der Waals surface area contributed by atoms with E-state index in [0.717, 1.165) is 16.5 Å². The van der Waals surface area contributed by atoms with Gasteiger partial charge in [0.1, 0.15) is 12.1 Å². The maximum atomic E-state index is 12.5. The zero-order valence-corrected chi connectivity index (χ0v) is 17.1. The maximum Gasteiger partial charge on any atom is 0.230 e. The predicted octanol–water partition coefficient (Wildman–Crippen LogP) is 5.34. The Labute approximate surface area is 179 Å². The summed E-state index contributed by atoms with van der Waals surface area (Å²) in [7, 11) is 3.15. The second-order valence-electron chi connectivity index (χ2n) is 6.63. The molecule has 6 heteroatoms. The number of hydrogen-bond acceptors (Lipinski definition) is 6. The van der Waals surface area contributed by atoms with E-state index in [2.05, 4.69) is 9.97 Å². The lowest BCUT2D eigenvalue weighted by atomic mass is 10.1. The molecule has 31 heavy (non-hydrogen) atoms. The third-order valence-electron chi connectivity index (χ3n) is 4.69. The van der Waals surface area contributed by atoms with Crippen molar-refractivity contribution in [2.24, 2.45) is 0 Å². The van der Waals surface area contributed by atoms with Gasteiger partial charge in [0.25, 0.3) is 0 Å². The zero-order chi connectivity index (χ0) is 21.6. The summed E-state index contributed by atoms with van der Waals surface area (Å²) in [6, 6.07) is 20.0. The predicted molar refractivity (Wildman–Crippen MR) is 119 cm³/mol. The number of carbonyl (C=O) groups excluding carboxylic acids is 1. The van der Waals surface area contributed by atoms with Crippen LogP contribution in [0.3, 0.4) is 0 Å². The van der Waals surface area contributed by atoms with E-state index in [9.17, 15) is 4.79 Å². The third kappa shape index (κ3) is 4.53. The molecule has 3 aromatic carbocycles. The molecule has 4 aromatic rings. The minimum atomic E-state index is -0.117. The summed E-state index contributed by atoms with van der Waals surface area (Å²) >= 11 is 0. The van der Waals surface area contributed by atoms with Gasteiger partial charge in [0, 0.05) is 5.56 Å². The van der Waals surface area contributed by atoms with E-state index in [1.54, 1.807) is 50.6 Å². The molecule has 4 rings (SSSR count). The van der Waals surface area contributed by atoms with Crippen LogP contribution in [0.2, 0.25) is 0 Å². The molecular formula is C25H20N2O4. The van der Waals surface area contributed by atoms with E-state index < -0.39 is 0 Å². The normalized spacial score (nSPS) is 10.9. The number of ketones is 1. The molecule has 0 radical (unpaired) electrons. The van der Waals surface area contributed by atoms with Gasteiger partial charge < -0.3 is 14.2 Å². The summed E-state index contributed by atoms with van der Waals surface area (Å²) in [6.07, 6.45) is 4.73. The smallest absolute Gasteiger partial charge is 0.230 e. The van der Waals surface area contributed by atoms with Crippen LogP contribution in [0.4, 0.5) is 0 Å². The molecule has 1 aromatic heterocycles. The number of carbonyl (C=O) groups is 1. The zero-order valence-electron chi connectivity index (χ0n) is 17.1. The highest BCUT2D eigenvalue weighted by molar-refractivity contribution is 6.06. The van der Waals surface area contributed by atoms with Crippen molar-refractivity contribution in [3.05, 3.63) is 90.3 Å². The van der Waals surface area contributed by atoms with Gasteiger partial charge >= 0.3 is 0 Å². The van der Waals surface area contributed by atoms with Crippen molar-refractivity contribution < 1.29 is 19.0 Å². The molecule has 0 amide bonds. The van der Waals surface area contributed by atoms with E-state index in [0.29, 0.717) is 28.7 Å². The number of hydrogen-bond donors (Lipinski definition) is 0. The van der Waals surface area contributed by atoms with Crippen molar-refractivity contribution in [1.29, 1.82) is 0 Å². The average Bonchev–Trinajstić information content (AvgIpc) is 2.83. The van der Waals surface area contributed by atoms with Crippen molar-refractivity contribution in [3.63, 3.8) is 0 Å². The largest absolute Gasteiger partial charge is 0.493 e. The monoisotopic (exact) mass is 412 g/mol. The Bertz CT molecular complexity index is 1240. The van der Waals surface area contributed by atoms with Crippen molar-refractivity contribution in [2.45, 2.75) is 0 Å². The Hall–Kier alpha value is -4.19. The highest BCUT2D eigenvalue weighted by Gasteiger charge is 2.08. The number of allylic oxidation sites excluding steroid dienone is 1. The van der Waals surface area contributed by atoms with Crippen LogP contribution in [-0.4, -0.2) is 30.0 Å². The Kier molecular flexibility index (Phi) is 5.89. The number of fused-ring (bicyclic) bond motifs is 1. The molecule has 0 saturated carbocycles. The second-order valence-corrected chi connectivity index (χ2v) is 6.63. The fourth-order valence-electron chi connectivity index (χ4n) is 3.08. The quantitative estimate of drug-likeness (QED) is 0.302. The number of rotatable bonds is 7. The Morgan fingerprint density at radius 1 is 0.871 bits per heavy atom. The minimum Gasteiger partial charge on any atom is -0.493 e. The molecule has 6 nitrogen and oxygen atoms in total. The summed E-state index contributed by atoms with van der Waals surface area (Å²) < 4.78 is 16.4. The molecule has 0 saturated heterocycles. The number of para-hydroxylation sites is 1. The van der Waals surface area contributed by atoms with Crippen molar-refractivity contribution in [2.75, 3.05) is 14.2 Å². The molecule has 154 valence electrons. The van der Waals surface area contributed by atoms with E-state index >= 15 is 0 Å². The fourth-order valence-corrected chi connectivity index (χ4v) is 3.08. The molecule has 0 aliphatic rings. The molecule has 0 unspecified atom stereocenters. The van der Waals surface area contributed by atoms with Crippen LogP contribution in [0.15, 0.2) is 79.1 Å². The van der Waals surface area contributed by atoms with Gasteiger partial charge in [0.2, 0.25) is 5.88 Å². The van der Waals surface area contributed by atoms with Crippen LogP contribution >= 0.6 is 0 Å². The first-order chi connectivity index (χ1) is 15.2. The molecule has 0 aliphatic heterocycles. The van der Waals surface area contributed by atoms with Crippen LogP contribution < -0.4 is 14.2 Å². The van der Waals surface area contributed by atoms with Gasteiger partial charge in [-0.15, -0.1) is 0 Å². The number of benzene rings is 3. The van der Waals surface area contributed by atoms with Crippen LogP contribution in [0, 0.1) is 0 Å². The number of aromatic nitrogens is 2. The number of methoxy groups -OCH3 is 2. The highest BCUT2D eigenvalue weighted by atomic mass is 16.5. The number of ether oxygens (including phenoxy) is 3. The first-order valence-electron chi connectivity index (χ1n) is 9.60. The molecule has 0 spiro atoms. The summed E-state index contributed by atoms with van der Waals surface area (Å²) in [6.45, 7) is 0. The molecule has 0 fully saturated rings. The molecular weight excluding hydrogens is 392 g/mol. The molecule has 0 N–H and O–H groups in total. The first kappa shape index (κ1) is 20.1. The Morgan fingerprint density at radius 2 is 1.65 bits per heavy atom. The van der Waals surface area contributed by atoms with E-state index in [4.69, 9.17) is 14.2 Å². The summed E-state index contributed by atoms with van der Waals surface area (Å²) in [5.41, 5.74) is 2.19. The van der Waals surface area contributed by atoms with Gasteiger partial charge in [-0.25, -0.2) is 9.97 Å². The van der Waals surface area contributed by atoms with Gasteiger partial charge in [-0.05, 0) is 60.2 Å². The fraction of sp³-hybridized carbons (Fsp3) is 0.0800. The van der Waals surface area contributed by atoms with Crippen LogP contribution in [0.25, 0.3) is 17.0 Å². The molecule has 0 aliphatic carbocycles. The topological polar surface area (TPSA) is 70.5 Å². The molecule has 1 heterocycles. The van der Waals surface area contributed by atoms with Crippen molar-refractivity contribution in [1.82, 2.24) is 9.97 Å². The number of nitrogens with zero attached hydrogens (tertiary/aromatic N) is 2. The SMILES string of the molecule is COc1ccc(/C=C/C(=O)c2ccc(Oc3ncnc4ccccc34)cc2)cc1OC. The Balaban J connectivity index is 1.47. The van der Waals surface area contributed by atoms with Gasteiger partial charge in [-0.3, -0.25) is 4.79 Å². The summed E-state index contributed by atoms with van der Waals surface area (Å²) in [4.78, 5) is 21.0. The lowest BCUT2D eigenvalue weighted by molar-refractivity contribution is 0.104. The van der Waals surface area contributed by atoms with Crippen molar-refractivity contribution in [3.8, 4) is 23.1 Å². The lowest BCUT2D eigenvalue weighted by Gasteiger charge is -2.08. The summed E-state index contributed by atoms with van der Waals surface area (Å²) in [5, 5.41) is 0.822. The second kappa shape index (κ2) is 9.09. The van der Waals surface area contributed by atoms with Crippen molar-refractivity contribution >= 4 is 22.8 Å². The minimum absolute atomic E-state index is 0.117. The van der Waals surface area contributed by atoms with Crippen LogP contribution in [-0.2, 0) is 0 Å². The average molecular weight is 412 g/mol. The van der Waals surface area contributed by atoms with Crippen LogP contribution in [0.1, 0.15) is 15.9 Å². The third-order valence-corrected chi connectivity index (χ3v) is 4.69. The Morgan fingerprint density at radius 3 is 2.42 bits per heavy atom. The lowest BCUT2D eigenvalue weighted by Crippen LogP contribution is -1.95. The van der Waals surface area contributed by atoms with Gasteiger partial charge in [0.05, 0.1) is 25.1 Å². The maximum absolute atomic E-state index is 12.5. The molecule has 0 bridgehead atoms. The standard InChI is InChI=1S/C25H20N2O4/c1-29-23-14-8-17(15-24(23)30-2)7-13-22(28)18-9-11-19(12-10-18)31-25-20-5-3-4-6-21(20)26-16-27-25/h3-16H,1-2H3/b13-7+. The highest BCUT2D eigenvalue weighted by Crippen LogP contribution is 2.28. The van der Waals surface area contributed by atoms with Crippen LogP contribution in [0.5, 0.6) is 23.1 Å². The van der Waals surface area contributed by atoms with E-state index in [1.807, 2.05) is 36.4 Å². The van der Waals surface area contributed by atoms with E-state index in [1.165, 1.54) is 12.4 Å².